The van der Waals surface area contributed by atoms with E-state index in [1.54, 1.807) is 24.3 Å². The number of halogens is 1. The monoisotopic (exact) mass is 454 g/mol. The number of carbonyl (C=O) groups excluding carboxylic acids is 1. The van der Waals surface area contributed by atoms with Crippen molar-refractivity contribution in [3.8, 4) is 22.4 Å². The van der Waals surface area contributed by atoms with Crippen molar-refractivity contribution < 1.29 is 4.79 Å². The molecule has 5 rings (SSSR count). The number of fused-ring (bicyclic) bond motifs is 1. The molecule has 7 heteroatoms. The lowest BCUT2D eigenvalue weighted by Gasteiger charge is -2.07. The van der Waals surface area contributed by atoms with Crippen molar-refractivity contribution in [1.82, 2.24) is 14.6 Å². The number of amides is 1. The number of nitrogens with one attached hydrogen (secondary N) is 2. The lowest BCUT2D eigenvalue weighted by molar-refractivity contribution is 0.102. The van der Waals surface area contributed by atoms with Gasteiger partial charge in [-0.1, -0.05) is 54.1 Å². The highest BCUT2D eigenvalue weighted by Gasteiger charge is 2.15. The highest BCUT2D eigenvalue weighted by atomic mass is 35.5. The van der Waals surface area contributed by atoms with Gasteiger partial charge in [0, 0.05) is 39.2 Å². The van der Waals surface area contributed by atoms with E-state index in [1.165, 1.54) is 10.6 Å². The van der Waals surface area contributed by atoms with Crippen molar-refractivity contribution in [2.45, 2.75) is 6.92 Å². The molecule has 0 saturated carbocycles. The zero-order valence-electron chi connectivity index (χ0n) is 17.7. The molecule has 0 aliphatic rings. The van der Waals surface area contributed by atoms with E-state index in [0.717, 1.165) is 22.4 Å². The van der Waals surface area contributed by atoms with Crippen LogP contribution in [-0.4, -0.2) is 20.5 Å². The first-order chi connectivity index (χ1) is 16.0. The van der Waals surface area contributed by atoms with Crippen LogP contribution in [-0.2, 0) is 0 Å². The Labute approximate surface area is 194 Å². The summed E-state index contributed by atoms with van der Waals surface area (Å²) in [6.45, 7) is 1.90. The number of hydrogen-bond donors (Lipinski definition) is 2. The number of H-pyrrole nitrogens is 1. The summed E-state index contributed by atoms with van der Waals surface area (Å²) >= 11 is 6.04. The highest BCUT2D eigenvalue weighted by Crippen LogP contribution is 2.29. The molecule has 2 heterocycles. The van der Waals surface area contributed by atoms with Gasteiger partial charge in [-0.2, -0.15) is 0 Å². The number of hydrogen-bond acceptors (Lipinski definition) is 3. The topological polar surface area (TPSA) is 79.3 Å². The SMILES string of the molecule is Cc1[nH]n2c(=O)cc(-c3ccc(NC(=O)c4ccccc4)cc3)nc2c1-c1ccc(Cl)cc1. The maximum Gasteiger partial charge on any atom is 0.273 e. The Morgan fingerprint density at radius 2 is 1.61 bits per heavy atom. The second kappa shape index (κ2) is 8.41. The van der Waals surface area contributed by atoms with Gasteiger partial charge in [0.05, 0.1) is 5.69 Å². The number of carbonyl (C=O) groups is 1. The first-order valence-corrected chi connectivity index (χ1v) is 10.7. The molecule has 0 bridgehead atoms. The van der Waals surface area contributed by atoms with E-state index in [1.807, 2.05) is 61.5 Å². The van der Waals surface area contributed by atoms with Gasteiger partial charge in [-0.05, 0) is 48.9 Å². The molecule has 2 aromatic heterocycles. The van der Waals surface area contributed by atoms with Crippen molar-refractivity contribution in [3.05, 3.63) is 112 Å². The molecule has 6 nitrogen and oxygen atoms in total. The Hall–Kier alpha value is -4.16. The number of rotatable bonds is 4. The molecule has 0 radical (unpaired) electrons. The molecule has 162 valence electrons. The molecule has 0 aliphatic heterocycles. The predicted molar refractivity (Wildman–Crippen MR) is 131 cm³/mol. The summed E-state index contributed by atoms with van der Waals surface area (Å²) in [5.41, 5.74) is 5.49. The van der Waals surface area contributed by atoms with Crippen molar-refractivity contribution >= 4 is 28.8 Å². The summed E-state index contributed by atoms with van der Waals surface area (Å²) in [6, 6.07) is 25.2. The largest absolute Gasteiger partial charge is 0.322 e. The van der Waals surface area contributed by atoms with Crippen LogP contribution in [0.15, 0.2) is 89.7 Å². The molecule has 0 aliphatic carbocycles. The minimum atomic E-state index is -0.209. The third-order valence-corrected chi connectivity index (χ3v) is 5.66. The summed E-state index contributed by atoms with van der Waals surface area (Å²) in [6.07, 6.45) is 0. The Kier molecular flexibility index (Phi) is 5.28. The minimum absolute atomic E-state index is 0.184. The number of benzene rings is 3. The van der Waals surface area contributed by atoms with Crippen LogP contribution < -0.4 is 10.9 Å². The Bertz CT molecular complexity index is 1520. The van der Waals surface area contributed by atoms with E-state index >= 15 is 0 Å². The van der Waals surface area contributed by atoms with Crippen LogP contribution >= 0.6 is 11.6 Å². The molecule has 3 aromatic carbocycles. The van der Waals surface area contributed by atoms with Crippen LogP contribution in [0.25, 0.3) is 28.0 Å². The van der Waals surface area contributed by atoms with E-state index in [9.17, 15) is 9.59 Å². The summed E-state index contributed by atoms with van der Waals surface area (Å²) in [5, 5.41) is 6.61. The highest BCUT2D eigenvalue weighted by molar-refractivity contribution is 6.30. The zero-order valence-corrected chi connectivity index (χ0v) is 18.4. The van der Waals surface area contributed by atoms with Crippen LogP contribution in [0.3, 0.4) is 0 Å². The van der Waals surface area contributed by atoms with E-state index in [4.69, 9.17) is 16.6 Å². The molecule has 2 N–H and O–H groups in total. The fourth-order valence-corrected chi connectivity index (χ4v) is 3.90. The quantitative estimate of drug-likeness (QED) is 0.372. The summed E-state index contributed by atoms with van der Waals surface area (Å²) < 4.78 is 1.44. The van der Waals surface area contributed by atoms with Gasteiger partial charge < -0.3 is 5.32 Å². The smallest absolute Gasteiger partial charge is 0.273 e. The van der Waals surface area contributed by atoms with Gasteiger partial charge in [-0.3, -0.25) is 14.7 Å². The molecule has 0 unspecified atom stereocenters. The first-order valence-electron chi connectivity index (χ1n) is 10.3. The fraction of sp³-hybridized carbons (Fsp3) is 0.0385. The third-order valence-electron chi connectivity index (χ3n) is 5.40. The van der Waals surface area contributed by atoms with Gasteiger partial charge in [-0.25, -0.2) is 9.50 Å². The minimum Gasteiger partial charge on any atom is -0.322 e. The third kappa shape index (κ3) is 4.04. The number of nitrogens with zero attached hydrogens (tertiary/aromatic N) is 2. The molecular weight excluding hydrogens is 436 g/mol. The Balaban J connectivity index is 1.50. The zero-order chi connectivity index (χ0) is 22.9. The van der Waals surface area contributed by atoms with Crippen LogP contribution in [0.1, 0.15) is 16.1 Å². The van der Waals surface area contributed by atoms with Crippen molar-refractivity contribution in [2.75, 3.05) is 5.32 Å². The lowest BCUT2D eigenvalue weighted by atomic mass is 10.1. The standard InChI is InChI=1S/C26H19ClN4O2/c1-16-24(18-7-11-20(27)12-8-18)25-29-22(15-23(32)31(25)30-16)17-9-13-21(14-10-17)28-26(33)19-5-3-2-4-6-19/h2-15,30H,1H3,(H,28,33). The second-order valence-electron chi connectivity index (χ2n) is 7.65. The van der Waals surface area contributed by atoms with E-state index in [0.29, 0.717) is 27.6 Å². The molecule has 0 fully saturated rings. The first kappa shape index (κ1) is 20.7. The van der Waals surface area contributed by atoms with Gasteiger partial charge in [0.15, 0.2) is 5.65 Å². The number of aromatic nitrogens is 3. The average Bonchev–Trinajstić information content (AvgIpc) is 3.17. The average molecular weight is 455 g/mol. The fourth-order valence-electron chi connectivity index (χ4n) is 3.78. The number of anilines is 1. The maximum atomic E-state index is 12.8. The molecular formula is C26H19ClN4O2. The van der Waals surface area contributed by atoms with Crippen LogP contribution in [0, 0.1) is 6.92 Å². The summed E-state index contributed by atoms with van der Waals surface area (Å²) in [7, 11) is 0. The molecule has 0 saturated heterocycles. The molecule has 0 spiro atoms. The van der Waals surface area contributed by atoms with Crippen molar-refractivity contribution in [3.63, 3.8) is 0 Å². The normalized spacial score (nSPS) is 11.0. The summed E-state index contributed by atoms with van der Waals surface area (Å²) in [4.78, 5) is 30.0. The van der Waals surface area contributed by atoms with Crippen molar-refractivity contribution in [2.24, 2.45) is 0 Å². The number of aryl methyl sites for hydroxylation is 1. The van der Waals surface area contributed by atoms with E-state index < -0.39 is 0 Å². The van der Waals surface area contributed by atoms with Gasteiger partial charge in [-0.15, -0.1) is 0 Å². The van der Waals surface area contributed by atoms with Gasteiger partial charge >= 0.3 is 0 Å². The van der Waals surface area contributed by atoms with Crippen LogP contribution in [0.5, 0.6) is 0 Å². The van der Waals surface area contributed by atoms with E-state index in [2.05, 4.69) is 10.4 Å². The second-order valence-corrected chi connectivity index (χ2v) is 8.09. The number of aromatic amines is 1. The molecule has 33 heavy (non-hydrogen) atoms. The van der Waals surface area contributed by atoms with Crippen molar-refractivity contribution in [1.29, 1.82) is 0 Å². The molecule has 5 aromatic rings. The van der Waals surface area contributed by atoms with Crippen LogP contribution in [0.2, 0.25) is 5.02 Å². The van der Waals surface area contributed by atoms with Gasteiger partial charge in [0.2, 0.25) is 0 Å². The molecule has 0 atom stereocenters. The van der Waals surface area contributed by atoms with Crippen LogP contribution in [0.4, 0.5) is 5.69 Å². The van der Waals surface area contributed by atoms with Gasteiger partial charge in [0.1, 0.15) is 0 Å². The Morgan fingerprint density at radius 1 is 0.939 bits per heavy atom. The van der Waals surface area contributed by atoms with Gasteiger partial charge in [0.25, 0.3) is 11.5 Å². The molecule has 1 amide bonds. The lowest BCUT2D eigenvalue weighted by Crippen LogP contribution is -2.14. The summed E-state index contributed by atoms with van der Waals surface area (Å²) in [5.74, 6) is -0.184. The maximum absolute atomic E-state index is 12.8. The van der Waals surface area contributed by atoms with E-state index in [-0.39, 0.29) is 11.5 Å². The Morgan fingerprint density at radius 3 is 2.30 bits per heavy atom. The predicted octanol–water partition coefficient (Wildman–Crippen LogP) is 5.57.